The maximum absolute atomic E-state index is 13.8. The highest BCUT2D eigenvalue weighted by Crippen LogP contribution is 2.25. The second-order valence-corrected chi connectivity index (χ2v) is 6.56. The molecule has 5 nitrogen and oxygen atoms in total. The van der Waals surface area contributed by atoms with Crippen molar-refractivity contribution in [2.45, 2.75) is 11.3 Å². The van der Waals surface area contributed by atoms with Gasteiger partial charge in [0.1, 0.15) is 4.90 Å². The van der Waals surface area contributed by atoms with Gasteiger partial charge in [-0.2, -0.15) is 0 Å². The first-order valence-corrected chi connectivity index (χ1v) is 7.58. The summed E-state index contributed by atoms with van der Waals surface area (Å²) in [6, 6.07) is 2.21. The second kappa shape index (κ2) is 5.62. The Morgan fingerprint density at radius 1 is 1.53 bits per heavy atom. The van der Waals surface area contributed by atoms with E-state index in [-0.39, 0.29) is 23.2 Å². The van der Waals surface area contributed by atoms with Crippen LogP contribution in [-0.2, 0) is 14.8 Å². The predicted molar refractivity (Wildman–Crippen MR) is 69.9 cm³/mol. The number of ether oxygens (including phenoxy) is 1. The number of nitrogens with two attached hydrogens (primary N) is 1. The molecule has 0 amide bonds. The van der Waals surface area contributed by atoms with Crippen molar-refractivity contribution in [3.8, 4) is 0 Å². The predicted octanol–water partition coefficient (Wildman–Crippen LogP) is 1.38. The lowest BCUT2D eigenvalue weighted by Gasteiger charge is -2.12. The lowest BCUT2D eigenvalue weighted by atomic mass is 10.1. The van der Waals surface area contributed by atoms with E-state index in [1.54, 1.807) is 0 Å². The number of sulfonamides is 1. The van der Waals surface area contributed by atoms with Gasteiger partial charge in [-0.3, -0.25) is 0 Å². The van der Waals surface area contributed by atoms with Gasteiger partial charge < -0.3 is 10.5 Å². The summed E-state index contributed by atoms with van der Waals surface area (Å²) in [5, 5.41) is 0.0727. The van der Waals surface area contributed by atoms with Crippen LogP contribution in [0, 0.1) is 11.7 Å². The number of benzene rings is 1. The average Bonchev–Trinajstić information content (AvgIpc) is 2.84. The molecule has 1 aliphatic rings. The zero-order valence-corrected chi connectivity index (χ0v) is 11.6. The summed E-state index contributed by atoms with van der Waals surface area (Å²) in [6.45, 7) is 1.32. The Morgan fingerprint density at radius 2 is 2.26 bits per heavy atom. The molecular weight excluding hydrogens is 295 g/mol. The molecule has 0 saturated carbocycles. The number of halogens is 2. The molecule has 1 aromatic carbocycles. The molecule has 0 bridgehead atoms. The first-order valence-electron chi connectivity index (χ1n) is 5.72. The summed E-state index contributed by atoms with van der Waals surface area (Å²) >= 11 is 5.70. The molecule has 1 unspecified atom stereocenters. The fourth-order valence-corrected chi connectivity index (χ4v) is 3.37. The highest BCUT2D eigenvalue weighted by Gasteiger charge is 2.24. The van der Waals surface area contributed by atoms with Crippen LogP contribution in [0.5, 0.6) is 0 Å². The van der Waals surface area contributed by atoms with Crippen LogP contribution in [0.25, 0.3) is 0 Å². The molecule has 0 aliphatic carbocycles. The molecule has 3 N–H and O–H groups in total. The number of hydrogen-bond donors (Lipinski definition) is 2. The number of rotatable bonds is 4. The largest absolute Gasteiger partial charge is 0.396 e. The Balaban J connectivity index is 2.19. The fourth-order valence-electron chi connectivity index (χ4n) is 1.83. The van der Waals surface area contributed by atoms with E-state index < -0.39 is 20.7 Å². The average molecular weight is 309 g/mol. The summed E-state index contributed by atoms with van der Waals surface area (Å²) < 4.78 is 45.3. The molecule has 1 atom stereocenters. The van der Waals surface area contributed by atoms with Gasteiger partial charge in [-0.15, -0.1) is 0 Å². The van der Waals surface area contributed by atoms with E-state index in [0.717, 1.165) is 12.5 Å². The molecule has 0 spiro atoms. The Bertz CT molecular complexity index is 574. The van der Waals surface area contributed by atoms with Gasteiger partial charge in [0, 0.05) is 18.2 Å². The molecule has 106 valence electrons. The molecule has 1 fully saturated rings. The second-order valence-electron chi connectivity index (χ2n) is 4.39. The zero-order valence-electron chi connectivity index (χ0n) is 10.0. The maximum Gasteiger partial charge on any atom is 0.243 e. The van der Waals surface area contributed by atoms with Gasteiger partial charge in [-0.05, 0) is 24.5 Å². The SMILES string of the molecule is Nc1cc(Cl)cc(S(=O)(=O)NCC2CCOC2)c1F. The quantitative estimate of drug-likeness (QED) is 0.823. The van der Waals surface area contributed by atoms with Crippen molar-refractivity contribution in [1.29, 1.82) is 0 Å². The minimum Gasteiger partial charge on any atom is -0.396 e. The molecular formula is C11H14ClFN2O3S. The first kappa shape index (κ1) is 14.5. The van der Waals surface area contributed by atoms with Gasteiger partial charge in [0.05, 0.1) is 12.3 Å². The van der Waals surface area contributed by atoms with Gasteiger partial charge in [-0.1, -0.05) is 11.6 Å². The van der Waals surface area contributed by atoms with Gasteiger partial charge >= 0.3 is 0 Å². The van der Waals surface area contributed by atoms with Crippen LogP contribution in [0.4, 0.5) is 10.1 Å². The Labute approximate surface area is 115 Å². The lowest BCUT2D eigenvalue weighted by molar-refractivity contribution is 0.186. The number of anilines is 1. The normalized spacial score (nSPS) is 19.8. The minimum atomic E-state index is -3.97. The minimum absolute atomic E-state index is 0.0727. The molecule has 8 heteroatoms. The van der Waals surface area contributed by atoms with Crippen LogP contribution >= 0.6 is 11.6 Å². The molecule has 0 radical (unpaired) electrons. The van der Waals surface area contributed by atoms with Gasteiger partial charge in [0.2, 0.25) is 10.0 Å². The summed E-state index contributed by atoms with van der Waals surface area (Å²) in [6.07, 6.45) is 0.780. The third-order valence-electron chi connectivity index (χ3n) is 2.91. The summed E-state index contributed by atoms with van der Waals surface area (Å²) in [7, 11) is -3.97. The summed E-state index contributed by atoms with van der Waals surface area (Å²) in [5.74, 6) is -0.881. The zero-order chi connectivity index (χ0) is 14.0. The molecule has 1 aromatic rings. The van der Waals surface area contributed by atoms with E-state index in [2.05, 4.69) is 4.72 Å². The summed E-state index contributed by atoms with van der Waals surface area (Å²) in [4.78, 5) is -0.531. The van der Waals surface area contributed by atoms with Crippen LogP contribution in [0.3, 0.4) is 0 Å². The molecule has 0 aromatic heterocycles. The van der Waals surface area contributed by atoms with Crippen molar-refractivity contribution in [2.75, 3.05) is 25.5 Å². The van der Waals surface area contributed by atoms with E-state index in [4.69, 9.17) is 22.1 Å². The molecule has 1 aliphatic heterocycles. The third-order valence-corrected chi connectivity index (χ3v) is 4.55. The van der Waals surface area contributed by atoms with Crippen molar-refractivity contribution >= 4 is 27.3 Å². The van der Waals surface area contributed by atoms with E-state index >= 15 is 0 Å². The van der Waals surface area contributed by atoms with E-state index in [1.807, 2.05) is 0 Å². The molecule has 2 rings (SSSR count). The van der Waals surface area contributed by atoms with Crippen LogP contribution in [-0.4, -0.2) is 28.2 Å². The van der Waals surface area contributed by atoms with E-state index in [9.17, 15) is 12.8 Å². The highest BCUT2D eigenvalue weighted by molar-refractivity contribution is 7.89. The van der Waals surface area contributed by atoms with E-state index in [1.165, 1.54) is 6.07 Å². The van der Waals surface area contributed by atoms with Gasteiger partial charge in [0.25, 0.3) is 0 Å². The van der Waals surface area contributed by atoms with Crippen molar-refractivity contribution in [3.05, 3.63) is 23.0 Å². The smallest absolute Gasteiger partial charge is 0.243 e. The Kier molecular flexibility index (Phi) is 4.29. The van der Waals surface area contributed by atoms with Crippen LogP contribution in [0.1, 0.15) is 6.42 Å². The molecule has 19 heavy (non-hydrogen) atoms. The lowest BCUT2D eigenvalue weighted by Crippen LogP contribution is -2.30. The van der Waals surface area contributed by atoms with Crippen LogP contribution in [0.2, 0.25) is 5.02 Å². The van der Waals surface area contributed by atoms with Gasteiger partial charge in [0.15, 0.2) is 5.82 Å². The van der Waals surface area contributed by atoms with Crippen molar-refractivity contribution in [1.82, 2.24) is 4.72 Å². The van der Waals surface area contributed by atoms with E-state index in [0.29, 0.717) is 13.2 Å². The maximum atomic E-state index is 13.8. The van der Waals surface area contributed by atoms with Gasteiger partial charge in [-0.25, -0.2) is 17.5 Å². The Morgan fingerprint density at radius 3 is 2.89 bits per heavy atom. The first-order chi connectivity index (χ1) is 8.90. The van der Waals surface area contributed by atoms with Crippen molar-refractivity contribution in [3.63, 3.8) is 0 Å². The van der Waals surface area contributed by atoms with Crippen LogP contribution in [0.15, 0.2) is 17.0 Å². The standard InChI is InChI=1S/C11H14ClFN2O3S/c12-8-3-9(14)11(13)10(4-8)19(16,17)15-5-7-1-2-18-6-7/h3-4,7,15H,1-2,5-6,14H2. The topological polar surface area (TPSA) is 81.4 Å². The summed E-state index contributed by atoms with van der Waals surface area (Å²) in [5.41, 5.74) is 5.07. The highest BCUT2D eigenvalue weighted by atomic mass is 35.5. The Hall–Kier alpha value is -0.890. The molecule has 1 saturated heterocycles. The number of nitrogen functional groups attached to an aromatic ring is 1. The fraction of sp³-hybridized carbons (Fsp3) is 0.455. The van der Waals surface area contributed by atoms with Crippen LogP contribution < -0.4 is 10.5 Å². The number of nitrogens with one attached hydrogen (secondary N) is 1. The monoisotopic (exact) mass is 308 g/mol. The molecule has 1 heterocycles. The number of hydrogen-bond acceptors (Lipinski definition) is 4. The van der Waals surface area contributed by atoms with Crippen molar-refractivity contribution in [2.24, 2.45) is 5.92 Å². The van der Waals surface area contributed by atoms with Crippen molar-refractivity contribution < 1.29 is 17.5 Å². The third kappa shape index (κ3) is 3.36.